The smallest absolute Gasteiger partial charge is 0.252 e. The summed E-state index contributed by atoms with van der Waals surface area (Å²) < 4.78 is 0. The highest BCUT2D eigenvalue weighted by molar-refractivity contribution is 6.08. The van der Waals surface area contributed by atoms with E-state index in [9.17, 15) is 9.59 Å². The Morgan fingerprint density at radius 1 is 0.871 bits per heavy atom. The fourth-order valence-corrected chi connectivity index (χ4v) is 4.59. The number of rotatable bonds is 8. The maximum atomic E-state index is 13.2. The Labute approximate surface area is 184 Å². The summed E-state index contributed by atoms with van der Waals surface area (Å²) in [7, 11) is 0. The maximum absolute atomic E-state index is 13.2. The predicted octanol–water partition coefficient (Wildman–Crippen LogP) is 4.88. The van der Waals surface area contributed by atoms with Crippen LogP contribution in [0, 0.1) is 5.92 Å². The van der Waals surface area contributed by atoms with Crippen LogP contribution in [0.4, 0.5) is 0 Å². The fourth-order valence-electron chi connectivity index (χ4n) is 4.59. The van der Waals surface area contributed by atoms with Gasteiger partial charge in [-0.1, -0.05) is 79.6 Å². The first-order chi connectivity index (χ1) is 15.2. The number of benzene rings is 3. The van der Waals surface area contributed by atoms with Crippen LogP contribution in [-0.2, 0) is 11.2 Å². The molecule has 31 heavy (non-hydrogen) atoms. The largest absolute Gasteiger partial charge is 0.354 e. The molecular formula is C27H30N2O2. The van der Waals surface area contributed by atoms with Crippen LogP contribution in [0.25, 0.3) is 10.8 Å². The van der Waals surface area contributed by atoms with E-state index in [0.29, 0.717) is 12.1 Å². The zero-order valence-electron chi connectivity index (χ0n) is 17.8. The molecule has 4 rings (SSSR count). The second kappa shape index (κ2) is 10.3. The number of carbonyl (C=O) groups excluding carboxylic acids is 2. The lowest BCUT2D eigenvalue weighted by molar-refractivity contribution is -0.124. The Morgan fingerprint density at radius 3 is 2.39 bits per heavy atom. The third-order valence-electron chi connectivity index (χ3n) is 6.26. The molecular weight excluding hydrogens is 384 g/mol. The molecule has 1 atom stereocenters. The van der Waals surface area contributed by atoms with Gasteiger partial charge in [-0.25, -0.2) is 0 Å². The van der Waals surface area contributed by atoms with Gasteiger partial charge in [-0.3, -0.25) is 9.59 Å². The first-order valence-electron chi connectivity index (χ1n) is 11.3. The number of hydrogen-bond donors (Lipinski definition) is 2. The van der Waals surface area contributed by atoms with E-state index in [4.69, 9.17) is 0 Å². The number of fused-ring (bicyclic) bond motifs is 1. The van der Waals surface area contributed by atoms with E-state index in [2.05, 4.69) is 22.8 Å². The summed E-state index contributed by atoms with van der Waals surface area (Å²) in [6.45, 7) is 0.612. The molecule has 3 aromatic rings. The van der Waals surface area contributed by atoms with Crippen molar-refractivity contribution in [1.82, 2.24) is 10.6 Å². The minimum atomic E-state index is -0.481. The van der Waals surface area contributed by atoms with Gasteiger partial charge in [-0.2, -0.15) is 0 Å². The van der Waals surface area contributed by atoms with Gasteiger partial charge in [-0.15, -0.1) is 0 Å². The monoisotopic (exact) mass is 414 g/mol. The standard InChI is InChI=1S/C27H30N2O2/c30-26(24-18-8-16-21-13-6-7-17-23(21)24)29-25(22-14-4-5-15-22)27(31)28-19-9-12-20-10-2-1-3-11-20/h1-3,6-8,10-11,13,16-18,22,25H,4-5,9,12,14-15,19H2,(H,28,31)(H,29,30)/t25-/m0/s1. The van der Waals surface area contributed by atoms with Crippen LogP contribution < -0.4 is 10.6 Å². The van der Waals surface area contributed by atoms with Crippen molar-refractivity contribution in [2.75, 3.05) is 6.54 Å². The van der Waals surface area contributed by atoms with E-state index in [1.807, 2.05) is 60.7 Å². The third kappa shape index (κ3) is 5.32. The van der Waals surface area contributed by atoms with Gasteiger partial charge in [0.1, 0.15) is 6.04 Å². The van der Waals surface area contributed by atoms with Crippen molar-refractivity contribution in [3.05, 3.63) is 83.9 Å². The van der Waals surface area contributed by atoms with Crippen molar-refractivity contribution in [3.8, 4) is 0 Å². The highest BCUT2D eigenvalue weighted by Gasteiger charge is 2.32. The van der Waals surface area contributed by atoms with Gasteiger partial charge in [0.15, 0.2) is 0 Å². The van der Waals surface area contributed by atoms with Gasteiger partial charge >= 0.3 is 0 Å². The molecule has 0 spiro atoms. The molecule has 0 heterocycles. The van der Waals surface area contributed by atoms with Crippen LogP contribution in [0.1, 0.15) is 48.0 Å². The summed E-state index contributed by atoms with van der Waals surface area (Å²) in [6, 6.07) is 23.4. The zero-order valence-corrected chi connectivity index (χ0v) is 17.8. The summed E-state index contributed by atoms with van der Waals surface area (Å²) >= 11 is 0. The van der Waals surface area contributed by atoms with Gasteiger partial charge in [0.05, 0.1) is 0 Å². The molecule has 160 valence electrons. The van der Waals surface area contributed by atoms with Gasteiger partial charge in [0.25, 0.3) is 5.91 Å². The topological polar surface area (TPSA) is 58.2 Å². The molecule has 0 saturated heterocycles. The minimum Gasteiger partial charge on any atom is -0.354 e. The van der Waals surface area contributed by atoms with Crippen molar-refractivity contribution in [2.24, 2.45) is 5.92 Å². The summed E-state index contributed by atoms with van der Waals surface area (Å²) in [6.07, 6.45) is 6.01. The Bertz CT molecular complexity index is 1020. The first kappa shape index (κ1) is 21.1. The molecule has 0 radical (unpaired) electrons. The molecule has 1 aliphatic rings. The fraction of sp³-hybridized carbons (Fsp3) is 0.333. The van der Waals surface area contributed by atoms with Crippen LogP contribution in [-0.4, -0.2) is 24.4 Å². The van der Waals surface area contributed by atoms with Crippen molar-refractivity contribution in [3.63, 3.8) is 0 Å². The normalized spacial score (nSPS) is 15.0. The van der Waals surface area contributed by atoms with Gasteiger partial charge in [0.2, 0.25) is 5.91 Å². The average Bonchev–Trinajstić information content (AvgIpc) is 3.35. The molecule has 1 saturated carbocycles. The molecule has 3 aromatic carbocycles. The molecule has 1 aliphatic carbocycles. The predicted molar refractivity (Wildman–Crippen MR) is 125 cm³/mol. The maximum Gasteiger partial charge on any atom is 0.252 e. The first-order valence-corrected chi connectivity index (χ1v) is 11.3. The summed E-state index contributed by atoms with van der Waals surface area (Å²) in [5.41, 5.74) is 1.89. The second-order valence-corrected chi connectivity index (χ2v) is 8.40. The summed E-state index contributed by atoms with van der Waals surface area (Å²) in [4.78, 5) is 26.2. The lowest BCUT2D eigenvalue weighted by Crippen LogP contribution is -2.50. The Balaban J connectivity index is 1.41. The number of aryl methyl sites for hydroxylation is 1. The van der Waals surface area contributed by atoms with Crippen molar-refractivity contribution >= 4 is 22.6 Å². The molecule has 2 N–H and O–H groups in total. The molecule has 4 heteroatoms. The molecule has 0 aromatic heterocycles. The minimum absolute atomic E-state index is 0.0615. The van der Waals surface area contributed by atoms with E-state index in [1.54, 1.807) is 0 Å². The van der Waals surface area contributed by atoms with Gasteiger partial charge in [-0.05, 0) is 54.0 Å². The molecule has 0 unspecified atom stereocenters. The molecule has 0 aliphatic heterocycles. The van der Waals surface area contributed by atoms with Gasteiger partial charge in [0, 0.05) is 12.1 Å². The number of nitrogens with one attached hydrogen (secondary N) is 2. The quantitative estimate of drug-likeness (QED) is 0.516. The highest BCUT2D eigenvalue weighted by Crippen LogP contribution is 2.28. The number of hydrogen-bond acceptors (Lipinski definition) is 2. The third-order valence-corrected chi connectivity index (χ3v) is 6.26. The summed E-state index contributed by atoms with van der Waals surface area (Å²) in [5, 5.41) is 8.08. The average molecular weight is 415 g/mol. The Morgan fingerprint density at radius 2 is 1.58 bits per heavy atom. The number of amides is 2. The van der Waals surface area contributed by atoms with Gasteiger partial charge < -0.3 is 10.6 Å². The van der Waals surface area contributed by atoms with E-state index in [0.717, 1.165) is 49.3 Å². The van der Waals surface area contributed by atoms with E-state index < -0.39 is 6.04 Å². The van der Waals surface area contributed by atoms with Crippen LogP contribution in [0.15, 0.2) is 72.8 Å². The summed E-state index contributed by atoms with van der Waals surface area (Å²) in [5.74, 6) is -0.0327. The lowest BCUT2D eigenvalue weighted by atomic mass is 9.96. The second-order valence-electron chi connectivity index (χ2n) is 8.40. The van der Waals surface area contributed by atoms with Crippen LogP contribution >= 0.6 is 0 Å². The van der Waals surface area contributed by atoms with E-state index in [-0.39, 0.29) is 17.7 Å². The van der Waals surface area contributed by atoms with Crippen LogP contribution in [0.5, 0.6) is 0 Å². The van der Waals surface area contributed by atoms with Crippen LogP contribution in [0.2, 0.25) is 0 Å². The Hall–Kier alpha value is -3.14. The van der Waals surface area contributed by atoms with Crippen LogP contribution in [0.3, 0.4) is 0 Å². The molecule has 2 amide bonds. The molecule has 1 fully saturated rings. The van der Waals surface area contributed by atoms with E-state index in [1.165, 1.54) is 5.56 Å². The molecule has 4 nitrogen and oxygen atoms in total. The van der Waals surface area contributed by atoms with Crippen molar-refractivity contribution in [2.45, 2.75) is 44.6 Å². The van der Waals surface area contributed by atoms with Crippen molar-refractivity contribution in [1.29, 1.82) is 0 Å². The SMILES string of the molecule is O=C(N[C@H](C(=O)NCCCc1ccccc1)C1CCCC1)c1cccc2ccccc12. The highest BCUT2D eigenvalue weighted by atomic mass is 16.2. The zero-order chi connectivity index (χ0) is 21.5. The number of carbonyl (C=O) groups is 2. The lowest BCUT2D eigenvalue weighted by Gasteiger charge is -2.24. The van der Waals surface area contributed by atoms with E-state index >= 15 is 0 Å². The Kier molecular flexibility index (Phi) is 6.98. The molecule has 0 bridgehead atoms. The van der Waals surface area contributed by atoms with Crippen molar-refractivity contribution < 1.29 is 9.59 Å².